The Kier molecular flexibility index (Phi) is 4.08. The van der Waals surface area contributed by atoms with Crippen LogP contribution in [0.3, 0.4) is 0 Å². The van der Waals surface area contributed by atoms with E-state index in [0.717, 1.165) is 36.7 Å². The van der Waals surface area contributed by atoms with E-state index in [4.69, 9.17) is 4.74 Å². The van der Waals surface area contributed by atoms with E-state index in [2.05, 4.69) is 34.6 Å². The molecule has 0 aliphatic heterocycles. The quantitative estimate of drug-likeness (QED) is 0.738. The summed E-state index contributed by atoms with van der Waals surface area (Å²) in [5, 5.41) is 0. The first-order valence-corrected chi connectivity index (χ1v) is 7.68. The molecule has 2 aliphatic rings. The van der Waals surface area contributed by atoms with Crippen molar-refractivity contribution in [2.75, 3.05) is 6.61 Å². The first kappa shape index (κ1) is 14.6. The zero-order chi connectivity index (χ0) is 14.2. The Morgan fingerprint density at radius 2 is 1.89 bits per heavy atom. The van der Waals surface area contributed by atoms with Gasteiger partial charge in [-0.05, 0) is 36.5 Å². The molecule has 0 bridgehead atoms. The second-order valence-electron chi connectivity index (χ2n) is 7.74. The van der Waals surface area contributed by atoms with Gasteiger partial charge in [-0.15, -0.1) is 0 Å². The second kappa shape index (κ2) is 5.30. The molecule has 0 amide bonds. The molecule has 0 aromatic heterocycles. The third kappa shape index (κ3) is 3.61. The van der Waals surface area contributed by atoms with Crippen molar-refractivity contribution in [2.45, 2.75) is 60.3 Å². The van der Waals surface area contributed by atoms with E-state index >= 15 is 0 Å². The van der Waals surface area contributed by atoms with Crippen molar-refractivity contribution < 1.29 is 9.53 Å². The van der Waals surface area contributed by atoms with E-state index in [0.29, 0.717) is 11.7 Å². The van der Waals surface area contributed by atoms with Gasteiger partial charge in [-0.1, -0.05) is 34.6 Å². The van der Waals surface area contributed by atoms with Gasteiger partial charge < -0.3 is 4.74 Å². The van der Waals surface area contributed by atoms with Crippen molar-refractivity contribution in [2.24, 2.45) is 23.2 Å². The molecule has 108 valence electrons. The summed E-state index contributed by atoms with van der Waals surface area (Å²) in [5.74, 6) is 2.74. The Morgan fingerprint density at radius 1 is 1.26 bits per heavy atom. The van der Waals surface area contributed by atoms with Crippen LogP contribution in [-0.4, -0.2) is 12.4 Å². The molecule has 0 N–H and O–H groups in total. The van der Waals surface area contributed by atoms with Gasteiger partial charge in [-0.25, -0.2) is 0 Å². The van der Waals surface area contributed by atoms with E-state index in [9.17, 15) is 4.79 Å². The predicted octanol–water partition coefficient (Wildman–Crippen LogP) is 4.35. The van der Waals surface area contributed by atoms with Crippen LogP contribution in [0.2, 0.25) is 0 Å². The molecule has 0 aromatic carbocycles. The molecule has 0 radical (unpaired) electrons. The van der Waals surface area contributed by atoms with Crippen LogP contribution in [0, 0.1) is 23.2 Å². The van der Waals surface area contributed by atoms with Crippen LogP contribution < -0.4 is 0 Å². The minimum Gasteiger partial charge on any atom is -0.497 e. The molecule has 2 rings (SSSR count). The maximum atomic E-state index is 12.6. The van der Waals surface area contributed by atoms with Gasteiger partial charge in [0, 0.05) is 17.9 Å². The first-order valence-electron chi connectivity index (χ1n) is 7.68. The van der Waals surface area contributed by atoms with E-state index in [-0.39, 0.29) is 11.3 Å². The Balaban J connectivity index is 2.12. The fourth-order valence-electron chi connectivity index (χ4n) is 2.69. The number of allylic oxidation sites excluding steroid dienone is 2. The van der Waals surface area contributed by atoms with Gasteiger partial charge in [0.25, 0.3) is 0 Å². The number of rotatable bonds is 5. The largest absolute Gasteiger partial charge is 0.497 e. The lowest BCUT2D eigenvalue weighted by molar-refractivity contribution is -0.121. The summed E-state index contributed by atoms with van der Waals surface area (Å²) in [6, 6.07) is 0. The average Bonchev–Trinajstić information content (AvgIpc) is 3.02. The topological polar surface area (TPSA) is 26.3 Å². The maximum Gasteiger partial charge on any atom is 0.166 e. The third-order valence-electron chi connectivity index (χ3n) is 4.17. The van der Waals surface area contributed by atoms with Crippen molar-refractivity contribution in [3.63, 3.8) is 0 Å². The number of ether oxygens (including phenoxy) is 1. The minimum atomic E-state index is 0.0365. The van der Waals surface area contributed by atoms with Gasteiger partial charge in [0.2, 0.25) is 0 Å². The molecule has 2 aliphatic carbocycles. The van der Waals surface area contributed by atoms with E-state index in [1.165, 1.54) is 12.8 Å². The summed E-state index contributed by atoms with van der Waals surface area (Å²) >= 11 is 0. The molecule has 0 heterocycles. The number of Topliss-reactive ketones (excluding diaryl/α,β-unsaturated/α-hetero) is 1. The van der Waals surface area contributed by atoms with Crippen molar-refractivity contribution in [1.82, 2.24) is 0 Å². The molecule has 1 saturated carbocycles. The summed E-state index contributed by atoms with van der Waals surface area (Å²) in [6.07, 6.45) is 4.35. The normalized spacial score (nSPS) is 24.5. The summed E-state index contributed by atoms with van der Waals surface area (Å²) in [4.78, 5) is 12.6. The fourth-order valence-corrected chi connectivity index (χ4v) is 2.69. The Morgan fingerprint density at radius 3 is 2.37 bits per heavy atom. The van der Waals surface area contributed by atoms with Gasteiger partial charge in [0.15, 0.2) is 5.78 Å². The molecule has 19 heavy (non-hydrogen) atoms. The molecule has 1 atom stereocenters. The first-order chi connectivity index (χ1) is 8.79. The SMILES string of the molecule is CC(C)COC1=C(CC2CC2)C(=O)C(C(C)(C)C)C1. The van der Waals surface area contributed by atoms with E-state index in [1.807, 2.05) is 0 Å². The van der Waals surface area contributed by atoms with Crippen LogP contribution in [0.15, 0.2) is 11.3 Å². The van der Waals surface area contributed by atoms with E-state index < -0.39 is 0 Å². The highest BCUT2D eigenvalue weighted by molar-refractivity contribution is 6.00. The average molecular weight is 264 g/mol. The van der Waals surface area contributed by atoms with Gasteiger partial charge in [-0.2, -0.15) is 0 Å². The lowest BCUT2D eigenvalue weighted by Gasteiger charge is -2.25. The summed E-state index contributed by atoms with van der Waals surface area (Å²) < 4.78 is 5.96. The predicted molar refractivity (Wildman–Crippen MR) is 77.7 cm³/mol. The molecule has 1 fully saturated rings. The molecule has 0 aromatic rings. The molecular formula is C17H28O2. The minimum absolute atomic E-state index is 0.0365. The van der Waals surface area contributed by atoms with Gasteiger partial charge in [-0.3, -0.25) is 4.79 Å². The zero-order valence-electron chi connectivity index (χ0n) is 13.1. The lowest BCUT2D eigenvalue weighted by atomic mass is 9.78. The highest BCUT2D eigenvalue weighted by Crippen LogP contribution is 2.45. The van der Waals surface area contributed by atoms with Gasteiger partial charge in [0.05, 0.1) is 6.61 Å². The summed E-state index contributed by atoms with van der Waals surface area (Å²) in [7, 11) is 0. The van der Waals surface area contributed by atoms with Crippen molar-refractivity contribution in [3.8, 4) is 0 Å². The molecular weight excluding hydrogens is 236 g/mol. The Hall–Kier alpha value is -0.790. The number of carbonyl (C=O) groups is 1. The van der Waals surface area contributed by atoms with Crippen LogP contribution in [-0.2, 0) is 9.53 Å². The molecule has 2 heteroatoms. The standard InChI is InChI=1S/C17H28O2/c1-11(2)10-19-15-9-14(17(3,4)5)16(18)13(15)8-12-6-7-12/h11-12,14H,6-10H2,1-5H3. The van der Waals surface area contributed by atoms with Crippen molar-refractivity contribution in [3.05, 3.63) is 11.3 Å². The van der Waals surface area contributed by atoms with Gasteiger partial charge in [0.1, 0.15) is 5.76 Å². The fraction of sp³-hybridized carbons (Fsp3) is 0.824. The van der Waals surface area contributed by atoms with Gasteiger partial charge >= 0.3 is 0 Å². The Labute approximate surface area is 117 Å². The number of hydrogen-bond acceptors (Lipinski definition) is 2. The molecule has 0 spiro atoms. The summed E-state index contributed by atoms with van der Waals surface area (Å²) in [5.41, 5.74) is 1.05. The van der Waals surface area contributed by atoms with Crippen molar-refractivity contribution >= 4 is 5.78 Å². The van der Waals surface area contributed by atoms with Crippen molar-refractivity contribution in [1.29, 1.82) is 0 Å². The molecule has 2 nitrogen and oxygen atoms in total. The smallest absolute Gasteiger partial charge is 0.166 e. The van der Waals surface area contributed by atoms with E-state index in [1.54, 1.807) is 0 Å². The Bertz CT molecular complexity index is 381. The van der Waals surface area contributed by atoms with Crippen LogP contribution >= 0.6 is 0 Å². The highest BCUT2D eigenvalue weighted by Gasteiger charge is 2.42. The monoisotopic (exact) mass is 264 g/mol. The van der Waals surface area contributed by atoms with Crippen LogP contribution in [0.5, 0.6) is 0 Å². The second-order valence-corrected chi connectivity index (χ2v) is 7.74. The number of ketones is 1. The highest BCUT2D eigenvalue weighted by atomic mass is 16.5. The zero-order valence-corrected chi connectivity index (χ0v) is 13.1. The molecule has 1 unspecified atom stereocenters. The number of carbonyl (C=O) groups excluding carboxylic acids is 1. The van der Waals surface area contributed by atoms with Crippen LogP contribution in [0.4, 0.5) is 0 Å². The third-order valence-corrected chi connectivity index (χ3v) is 4.17. The maximum absolute atomic E-state index is 12.6. The summed E-state index contributed by atoms with van der Waals surface area (Å²) in [6.45, 7) is 11.5. The van der Waals surface area contributed by atoms with Crippen LogP contribution in [0.1, 0.15) is 60.3 Å². The lowest BCUT2D eigenvalue weighted by Crippen LogP contribution is -2.25. The molecule has 0 saturated heterocycles. The van der Waals surface area contributed by atoms with Crippen LogP contribution in [0.25, 0.3) is 0 Å². The number of hydrogen-bond donors (Lipinski definition) is 0.